The summed E-state index contributed by atoms with van der Waals surface area (Å²) in [7, 11) is 0. The lowest BCUT2D eigenvalue weighted by Crippen LogP contribution is -2.51. The van der Waals surface area contributed by atoms with Crippen LogP contribution in [0.25, 0.3) is 0 Å². The van der Waals surface area contributed by atoms with Gasteiger partial charge in [-0.05, 0) is 49.1 Å². The van der Waals surface area contributed by atoms with Gasteiger partial charge in [-0.25, -0.2) is 10.2 Å². The Balaban J connectivity index is 1.66. The number of piperidine rings is 1. The van der Waals surface area contributed by atoms with Crippen LogP contribution >= 0.6 is 0 Å². The summed E-state index contributed by atoms with van der Waals surface area (Å²) in [6.07, 6.45) is 4.41. The van der Waals surface area contributed by atoms with Crippen molar-refractivity contribution in [2.24, 2.45) is 11.6 Å². The lowest BCUT2D eigenvalue weighted by molar-refractivity contribution is -0.131. The van der Waals surface area contributed by atoms with Crippen molar-refractivity contribution in [2.75, 3.05) is 24.6 Å². The van der Waals surface area contributed by atoms with Gasteiger partial charge in [-0.2, -0.15) is 0 Å². The van der Waals surface area contributed by atoms with Crippen LogP contribution in [0.2, 0.25) is 0 Å². The van der Waals surface area contributed by atoms with Crippen molar-refractivity contribution in [3.63, 3.8) is 0 Å². The number of halogens is 1. The number of carbonyl (C=O) groups excluding carboxylic acids is 1. The van der Waals surface area contributed by atoms with Gasteiger partial charge in [0.05, 0.1) is 5.69 Å². The van der Waals surface area contributed by atoms with E-state index in [4.69, 9.17) is 11.6 Å². The van der Waals surface area contributed by atoms with Crippen LogP contribution in [0.4, 0.5) is 10.1 Å². The third-order valence-electron chi connectivity index (χ3n) is 5.80. The number of nitrogens with zero attached hydrogens (tertiary/aromatic N) is 3. The second-order valence-corrected chi connectivity index (χ2v) is 7.80. The Labute approximate surface area is 183 Å². The van der Waals surface area contributed by atoms with Crippen LogP contribution in [0.1, 0.15) is 31.7 Å². The number of hydrazine groups is 1. The van der Waals surface area contributed by atoms with E-state index in [9.17, 15) is 9.18 Å². The summed E-state index contributed by atoms with van der Waals surface area (Å²) in [6, 6.07) is 16.3. The maximum atomic E-state index is 13.3. The number of hydrogen-bond acceptors (Lipinski definition) is 5. The fraction of sp³-hybridized carbons (Fsp3) is 0.375. The van der Waals surface area contributed by atoms with Gasteiger partial charge in [0.2, 0.25) is 5.91 Å². The van der Waals surface area contributed by atoms with E-state index in [2.05, 4.69) is 29.2 Å². The van der Waals surface area contributed by atoms with E-state index in [-0.39, 0.29) is 17.8 Å². The highest BCUT2D eigenvalue weighted by Crippen LogP contribution is 2.25. The van der Waals surface area contributed by atoms with Gasteiger partial charge in [0.15, 0.2) is 0 Å². The predicted octanol–water partition coefficient (Wildman–Crippen LogP) is 3.21. The Morgan fingerprint density at radius 2 is 1.77 bits per heavy atom. The molecule has 1 saturated heterocycles. The molecule has 0 aliphatic carbocycles. The van der Waals surface area contributed by atoms with Gasteiger partial charge in [0.1, 0.15) is 11.6 Å². The zero-order chi connectivity index (χ0) is 22.2. The smallest absolute Gasteiger partial charge is 0.228 e. The van der Waals surface area contributed by atoms with Gasteiger partial charge >= 0.3 is 0 Å². The summed E-state index contributed by atoms with van der Waals surface area (Å²) in [5.74, 6) is 6.34. The number of anilines is 1. The molecule has 1 amide bonds. The van der Waals surface area contributed by atoms with E-state index in [0.29, 0.717) is 17.9 Å². The molecule has 0 radical (unpaired) electrons. The molecule has 166 valence electrons. The van der Waals surface area contributed by atoms with Crippen molar-refractivity contribution >= 4 is 11.6 Å². The molecule has 1 aliphatic heterocycles. The van der Waals surface area contributed by atoms with Crippen LogP contribution < -0.4 is 16.6 Å². The van der Waals surface area contributed by atoms with E-state index >= 15 is 0 Å². The number of rotatable bonds is 8. The number of benzene rings is 2. The van der Waals surface area contributed by atoms with E-state index < -0.39 is 0 Å². The van der Waals surface area contributed by atoms with Crippen molar-refractivity contribution in [1.82, 2.24) is 9.80 Å². The zero-order valence-corrected chi connectivity index (χ0v) is 18.1. The van der Waals surface area contributed by atoms with Crippen molar-refractivity contribution in [3.05, 3.63) is 78.0 Å². The van der Waals surface area contributed by atoms with Crippen LogP contribution in [0, 0.1) is 5.82 Å². The zero-order valence-electron chi connectivity index (χ0n) is 18.1. The first-order valence-corrected chi connectivity index (χ1v) is 10.8. The summed E-state index contributed by atoms with van der Waals surface area (Å²) >= 11 is 0. The van der Waals surface area contributed by atoms with E-state index in [0.717, 1.165) is 38.9 Å². The molecule has 1 aliphatic rings. The molecule has 6 nitrogen and oxygen atoms in total. The number of carbonyl (C=O) groups is 1. The van der Waals surface area contributed by atoms with Crippen LogP contribution in [0.15, 0.2) is 66.6 Å². The average molecular weight is 426 g/mol. The molecule has 0 atom stereocenters. The molecule has 2 aromatic rings. The average Bonchev–Trinajstić information content (AvgIpc) is 2.82. The molecule has 2 aromatic carbocycles. The summed E-state index contributed by atoms with van der Waals surface area (Å²) in [5.41, 5.74) is 7.81. The van der Waals surface area contributed by atoms with Crippen molar-refractivity contribution in [2.45, 2.75) is 38.6 Å². The normalized spacial score (nSPS) is 15.6. The highest BCUT2D eigenvalue weighted by atomic mass is 19.1. The van der Waals surface area contributed by atoms with Crippen molar-refractivity contribution in [1.29, 1.82) is 0 Å². The largest absolute Gasteiger partial charge is 0.402 e. The molecule has 7 heteroatoms. The fourth-order valence-electron chi connectivity index (χ4n) is 4.03. The Kier molecular flexibility index (Phi) is 8.03. The molecular weight excluding hydrogens is 393 g/mol. The van der Waals surface area contributed by atoms with Gasteiger partial charge in [0, 0.05) is 38.3 Å². The lowest BCUT2D eigenvalue weighted by Gasteiger charge is -2.41. The monoisotopic (exact) mass is 425 g/mol. The fourth-order valence-corrected chi connectivity index (χ4v) is 4.03. The summed E-state index contributed by atoms with van der Waals surface area (Å²) in [5, 5.41) is 1.36. The third-order valence-corrected chi connectivity index (χ3v) is 5.80. The molecular formula is C24H32FN5O. The molecule has 0 saturated carbocycles. The Bertz CT molecular complexity index is 863. The minimum absolute atomic E-state index is 0.0155. The maximum absolute atomic E-state index is 13.3. The number of nitrogens with two attached hydrogens (primary N) is 2. The first-order valence-electron chi connectivity index (χ1n) is 10.8. The molecule has 4 N–H and O–H groups in total. The van der Waals surface area contributed by atoms with E-state index in [1.807, 2.05) is 13.0 Å². The topological polar surface area (TPSA) is 78.8 Å². The third kappa shape index (κ3) is 5.83. The van der Waals surface area contributed by atoms with Gasteiger partial charge in [-0.3, -0.25) is 14.7 Å². The Morgan fingerprint density at radius 1 is 1.13 bits per heavy atom. The second-order valence-electron chi connectivity index (χ2n) is 7.80. The molecule has 31 heavy (non-hydrogen) atoms. The first kappa shape index (κ1) is 22.8. The lowest BCUT2D eigenvalue weighted by atomic mass is 10.0. The van der Waals surface area contributed by atoms with Crippen LogP contribution in [0.3, 0.4) is 0 Å². The summed E-state index contributed by atoms with van der Waals surface area (Å²) < 4.78 is 13.3. The Hall–Kier alpha value is -2.90. The molecule has 0 bridgehead atoms. The molecule has 1 fully saturated rings. The predicted molar refractivity (Wildman–Crippen MR) is 122 cm³/mol. The van der Waals surface area contributed by atoms with Crippen LogP contribution in [0.5, 0.6) is 0 Å². The molecule has 1 heterocycles. The standard InChI is InChI=1S/C24H32FN5O/c1-2-24(31)29(23(18-26)30(27)22-10-8-20(25)9-11-22)21-13-16-28(17-14-21)15-12-19-6-4-3-5-7-19/h3-11,18,21H,2,12-17,26-27H2,1H3/b23-18-. The van der Waals surface area contributed by atoms with Gasteiger partial charge in [-0.1, -0.05) is 37.3 Å². The van der Waals surface area contributed by atoms with E-state index in [1.165, 1.54) is 28.9 Å². The summed E-state index contributed by atoms with van der Waals surface area (Å²) in [6.45, 7) is 4.64. The number of amides is 1. The highest BCUT2D eigenvalue weighted by molar-refractivity contribution is 5.79. The minimum atomic E-state index is -0.347. The molecule has 0 spiro atoms. The SMILES string of the molecule is CCC(=O)N(/C(=C/N)N(N)c1ccc(F)cc1)C1CCN(CCc2ccccc2)CC1. The summed E-state index contributed by atoms with van der Waals surface area (Å²) in [4.78, 5) is 17.0. The van der Waals surface area contributed by atoms with Crippen LogP contribution in [-0.2, 0) is 11.2 Å². The minimum Gasteiger partial charge on any atom is -0.402 e. The van der Waals surface area contributed by atoms with Crippen molar-refractivity contribution < 1.29 is 9.18 Å². The molecule has 0 aromatic heterocycles. The quantitative estimate of drug-likeness (QED) is 0.502. The number of hydrogen-bond donors (Lipinski definition) is 2. The Morgan fingerprint density at radius 3 is 2.35 bits per heavy atom. The first-order chi connectivity index (χ1) is 15.0. The van der Waals surface area contributed by atoms with E-state index in [1.54, 1.807) is 17.0 Å². The number of likely N-dealkylation sites (tertiary alicyclic amines) is 1. The molecule has 3 rings (SSSR count). The van der Waals surface area contributed by atoms with Crippen molar-refractivity contribution in [3.8, 4) is 0 Å². The van der Waals surface area contributed by atoms with Gasteiger partial charge in [-0.15, -0.1) is 0 Å². The van der Waals surface area contributed by atoms with Gasteiger partial charge in [0.25, 0.3) is 0 Å². The maximum Gasteiger partial charge on any atom is 0.228 e. The van der Waals surface area contributed by atoms with Crippen LogP contribution in [-0.4, -0.2) is 41.4 Å². The second kappa shape index (κ2) is 10.9. The van der Waals surface area contributed by atoms with Gasteiger partial charge < -0.3 is 10.6 Å². The molecule has 0 unspecified atom stereocenters. The highest BCUT2D eigenvalue weighted by Gasteiger charge is 2.31.